The van der Waals surface area contributed by atoms with Gasteiger partial charge in [-0.3, -0.25) is 4.55 Å². The molecule has 1 aliphatic rings. The van der Waals surface area contributed by atoms with Crippen molar-refractivity contribution in [1.82, 2.24) is 0 Å². The van der Waals surface area contributed by atoms with Gasteiger partial charge >= 0.3 is 0 Å². The Morgan fingerprint density at radius 3 is 1.89 bits per heavy atom. The van der Waals surface area contributed by atoms with Gasteiger partial charge in [0.15, 0.2) is 5.88 Å². The van der Waals surface area contributed by atoms with E-state index in [1.54, 1.807) is 16.7 Å². The van der Waals surface area contributed by atoms with Gasteiger partial charge in [0.1, 0.15) is 0 Å². The molecular formula is C13H11NO3S2. The molecule has 2 aromatic carbocycles. The van der Waals surface area contributed by atoms with E-state index in [0.717, 1.165) is 21.2 Å². The lowest BCUT2D eigenvalue weighted by atomic mass is 10.2. The minimum absolute atomic E-state index is 0.443. The predicted octanol–water partition coefficient (Wildman–Crippen LogP) is 3.13. The predicted molar refractivity (Wildman–Crippen MR) is 75.6 cm³/mol. The van der Waals surface area contributed by atoms with Gasteiger partial charge in [-0.05, 0) is 24.3 Å². The number of nitrogens with zero attached hydrogens (tertiary/aromatic N) is 1. The third-order valence-electron chi connectivity index (χ3n) is 2.82. The second-order valence-electron chi connectivity index (χ2n) is 4.18. The van der Waals surface area contributed by atoms with Gasteiger partial charge in [0.2, 0.25) is 0 Å². The average Bonchev–Trinajstić information content (AvgIpc) is 2.37. The number of hydrogen-bond donors (Lipinski definition) is 1. The third-order valence-corrected chi connectivity index (χ3v) is 4.54. The first-order valence-corrected chi connectivity index (χ1v) is 8.06. The van der Waals surface area contributed by atoms with Gasteiger partial charge in [0, 0.05) is 9.79 Å². The first-order valence-electron chi connectivity index (χ1n) is 5.63. The molecule has 6 heteroatoms. The summed E-state index contributed by atoms with van der Waals surface area (Å²) in [5, 5.41) is 0. The number of rotatable bonds is 2. The second-order valence-corrected chi connectivity index (χ2v) is 6.68. The van der Waals surface area contributed by atoms with Gasteiger partial charge < -0.3 is 4.90 Å². The van der Waals surface area contributed by atoms with Crippen molar-refractivity contribution in [2.75, 3.05) is 10.8 Å². The van der Waals surface area contributed by atoms with E-state index in [1.165, 1.54) is 0 Å². The Morgan fingerprint density at radius 2 is 1.42 bits per heavy atom. The molecule has 0 aliphatic carbocycles. The molecule has 0 fully saturated rings. The summed E-state index contributed by atoms with van der Waals surface area (Å²) in [6.45, 7) is 0. The van der Waals surface area contributed by atoms with E-state index in [9.17, 15) is 8.42 Å². The van der Waals surface area contributed by atoms with Gasteiger partial charge in [0.05, 0.1) is 11.4 Å². The molecular weight excluding hydrogens is 282 g/mol. The maximum Gasteiger partial charge on any atom is 0.283 e. The topological polar surface area (TPSA) is 57.6 Å². The summed E-state index contributed by atoms with van der Waals surface area (Å²) in [6, 6.07) is 15.1. The smallest absolute Gasteiger partial charge is 0.283 e. The Hall–Kier alpha value is -1.50. The highest BCUT2D eigenvalue weighted by molar-refractivity contribution is 7.99. The van der Waals surface area contributed by atoms with Crippen molar-refractivity contribution >= 4 is 33.3 Å². The minimum atomic E-state index is -4.09. The van der Waals surface area contributed by atoms with Crippen molar-refractivity contribution in [1.29, 1.82) is 0 Å². The fourth-order valence-electron chi connectivity index (χ4n) is 2.08. The summed E-state index contributed by atoms with van der Waals surface area (Å²) in [6.07, 6.45) is 0. The van der Waals surface area contributed by atoms with Crippen LogP contribution in [0.2, 0.25) is 0 Å². The molecule has 19 heavy (non-hydrogen) atoms. The van der Waals surface area contributed by atoms with Crippen LogP contribution in [0.15, 0.2) is 58.3 Å². The van der Waals surface area contributed by atoms with E-state index in [-0.39, 0.29) is 0 Å². The third kappa shape index (κ3) is 2.47. The molecule has 0 radical (unpaired) electrons. The quantitative estimate of drug-likeness (QED) is 0.862. The van der Waals surface area contributed by atoms with Crippen LogP contribution >= 0.6 is 11.8 Å². The number of hydrogen-bond acceptors (Lipinski definition) is 4. The molecule has 0 unspecified atom stereocenters. The lowest BCUT2D eigenvalue weighted by Crippen LogP contribution is -2.27. The van der Waals surface area contributed by atoms with Crippen LogP contribution in [0.4, 0.5) is 11.4 Å². The van der Waals surface area contributed by atoms with Gasteiger partial charge in [0.25, 0.3) is 10.1 Å². The van der Waals surface area contributed by atoms with Crippen molar-refractivity contribution in [3.63, 3.8) is 0 Å². The van der Waals surface area contributed by atoms with Gasteiger partial charge in [-0.1, -0.05) is 36.0 Å². The van der Waals surface area contributed by atoms with Crippen molar-refractivity contribution in [3.05, 3.63) is 48.5 Å². The van der Waals surface area contributed by atoms with Crippen LogP contribution in [0.25, 0.3) is 0 Å². The molecule has 0 saturated carbocycles. The molecule has 98 valence electrons. The highest BCUT2D eigenvalue weighted by Crippen LogP contribution is 2.47. The maximum atomic E-state index is 11.2. The first-order chi connectivity index (χ1) is 9.04. The van der Waals surface area contributed by atoms with E-state index < -0.39 is 16.0 Å². The van der Waals surface area contributed by atoms with Crippen molar-refractivity contribution in [2.24, 2.45) is 0 Å². The van der Waals surface area contributed by atoms with Crippen LogP contribution in [0.3, 0.4) is 0 Å². The molecule has 1 N–H and O–H groups in total. The molecule has 0 spiro atoms. The molecule has 3 rings (SSSR count). The molecule has 1 heterocycles. The minimum Gasteiger partial charge on any atom is -0.322 e. The van der Waals surface area contributed by atoms with Crippen molar-refractivity contribution < 1.29 is 13.0 Å². The zero-order valence-corrected chi connectivity index (χ0v) is 11.5. The molecule has 2 aromatic rings. The molecule has 0 bridgehead atoms. The van der Waals surface area contributed by atoms with Crippen LogP contribution < -0.4 is 4.90 Å². The summed E-state index contributed by atoms with van der Waals surface area (Å²) >= 11 is 1.59. The van der Waals surface area contributed by atoms with Crippen molar-refractivity contribution in [3.8, 4) is 0 Å². The van der Waals surface area contributed by atoms with E-state index in [0.29, 0.717) is 0 Å². The Labute approximate surface area is 115 Å². The normalized spacial score (nSPS) is 13.8. The molecule has 4 nitrogen and oxygen atoms in total. The molecule has 1 aliphatic heterocycles. The zero-order valence-electron chi connectivity index (χ0n) is 9.85. The molecule has 0 amide bonds. The van der Waals surface area contributed by atoms with Crippen LogP contribution in [0.5, 0.6) is 0 Å². The average molecular weight is 293 g/mol. The van der Waals surface area contributed by atoms with E-state index in [2.05, 4.69) is 0 Å². The Balaban J connectivity index is 2.16. The lowest BCUT2D eigenvalue weighted by Gasteiger charge is -2.31. The van der Waals surface area contributed by atoms with E-state index >= 15 is 0 Å². The van der Waals surface area contributed by atoms with E-state index in [1.807, 2.05) is 48.5 Å². The van der Waals surface area contributed by atoms with Crippen molar-refractivity contribution in [2.45, 2.75) is 9.79 Å². The van der Waals surface area contributed by atoms with Gasteiger partial charge in [-0.2, -0.15) is 8.42 Å². The number of benzene rings is 2. The Kier molecular flexibility index (Phi) is 3.00. The van der Waals surface area contributed by atoms with Crippen LogP contribution in [0, 0.1) is 0 Å². The Bertz CT molecular complexity index is 683. The van der Waals surface area contributed by atoms with Crippen LogP contribution in [0.1, 0.15) is 0 Å². The van der Waals surface area contributed by atoms with Crippen LogP contribution in [-0.4, -0.2) is 18.8 Å². The first kappa shape index (κ1) is 12.5. The summed E-state index contributed by atoms with van der Waals surface area (Å²) < 4.78 is 31.6. The summed E-state index contributed by atoms with van der Waals surface area (Å²) in [5.41, 5.74) is 1.59. The largest absolute Gasteiger partial charge is 0.322 e. The molecule has 0 saturated heterocycles. The van der Waals surface area contributed by atoms with Gasteiger partial charge in [-0.15, -0.1) is 0 Å². The second kappa shape index (κ2) is 4.56. The van der Waals surface area contributed by atoms with Gasteiger partial charge in [-0.25, -0.2) is 0 Å². The summed E-state index contributed by atoms with van der Waals surface area (Å²) in [7, 11) is -4.09. The standard InChI is InChI=1S/C13H11NO3S2/c15-19(16,17)9-14-10-5-1-3-7-12(10)18-13-8-4-2-6-11(13)14/h1-8H,9H2,(H,15,16,17). The maximum absolute atomic E-state index is 11.2. The summed E-state index contributed by atoms with van der Waals surface area (Å²) in [4.78, 5) is 3.57. The number of para-hydroxylation sites is 2. The molecule has 0 atom stereocenters. The summed E-state index contributed by atoms with van der Waals surface area (Å²) in [5.74, 6) is -0.443. The highest BCUT2D eigenvalue weighted by Gasteiger charge is 2.25. The lowest BCUT2D eigenvalue weighted by molar-refractivity contribution is 0.483. The zero-order chi connectivity index (χ0) is 13.5. The SMILES string of the molecule is O=S(=O)(O)CN1c2ccccc2Sc2ccccc21. The molecule has 0 aromatic heterocycles. The van der Waals surface area contributed by atoms with E-state index in [4.69, 9.17) is 4.55 Å². The Morgan fingerprint density at radius 1 is 0.947 bits per heavy atom. The number of fused-ring (bicyclic) bond motifs is 2. The van der Waals surface area contributed by atoms with Crippen LogP contribution in [-0.2, 0) is 10.1 Å². The highest BCUT2D eigenvalue weighted by atomic mass is 32.2. The fraction of sp³-hybridized carbons (Fsp3) is 0.0769. The number of anilines is 2. The monoisotopic (exact) mass is 293 g/mol. The fourth-order valence-corrected chi connectivity index (χ4v) is 3.78.